The van der Waals surface area contributed by atoms with Crippen molar-refractivity contribution in [1.29, 1.82) is 0 Å². The average Bonchev–Trinajstić information content (AvgIpc) is 2.97. The summed E-state index contributed by atoms with van der Waals surface area (Å²) in [4.78, 5) is 15.6. The molecule has 1 heterocycles. The maximum atomic E-state index is 11.1. The highest BCUT2D eigenvalue weighted by Gasteiger charge is 2.29. The quantitative estimate of drug-likeness (QED) is 0.815. The molecule has 16 heavy (non-hydrogen) atoms. The Morgan fingerprint density at radius 3 is 2.69 bits per heavy atom. The van der Waals surface area contributed by atoms with Gasteiger partial charge >= 0.3 is 0 Å². The third-order valence-electron chi connectivity index (χ3n) is 2.95. The van der Waals surface area contributed by atoms with E-state index in [0.29, 0.717) is 6.04 Å². The minimum absolute atomic E-state index is 0.223. The first kappa shape index (κ1) is 11.5. The number of thioether (sulfide) groups is 1. The molecule has 0 saturated heterocycles. The number of aromatic nitrogens is 2. The number of nitrogens with two attached hydrogens (primary N) is 1. The van der Waals surface area contributed by atoms with Crippen LogP contribution in [0.25, 0.3) is 0 Å². The van der Waals surface area contributed by atoms with Gasteiger partial charge in [0.25, 0.3) is 0 Å². The zero-order valence-electron chi connectivity index (χ0n) is 9.86. The normalized spacial score (nSPS) is 17.4. The van der Waals surface area contributed by atoms with Gasteiger partial charge in [-0.3, -0.25) is 4.79 Å². The first-order valence-corrected chi connectivity index (χ1v) is 6.40. The number of carbonyl (C=O) groups is 1. The first-order chi connectivity index (χ1) is 7.50. The number of primary amides is 1. The van der Waals surface area contributed by atoms with Crippen LogP contribution in [0.3, 0.4) is 0 Å². The van der Waals surface area contributed by atoms with Gasteiger partial charge in [-0.15, -0.1) is 0 Å². The van der Waals surface area contributed by atoms with Crippen LogP contribution in [0.15, 0.2) is 5.16 Å². The van der Waals surface area contributed by atoms with Crippen LogP contribution in [0.1, 0.15) is 37.2 Å². The second-order valence-corrected chi connectivity index (χ2v) is 5.64. The van der Waals surface area contributed by atoms with Crippen LogP contribution < -0.4 is 5.73 Å². The summed E-state index contributed by atoms with van der Waals surface area (Å²) in [6.07, 6.45) is 2.43. The van der Waals surface area contributed by atoms with E-state index < -0.39 is 0 Å². The van der Waals surface area contributed by atoms with Gasteiger partial charge in [-0.25, -0.2) is 4.98 Å². The van der Waals surface area contributed by atoms with E-state index in [0.717, 1.165) is 10.9 Å². The summed E-state index contributed by atoms with van der Waals surface area (Å²) in [5.41, 5.74) is 7.53. The van der Waals surface area contributed by atoms with Crippen LogP contribution in [0.4, 0.5) is 0 Å². The van der Waals surface area contributed by atoms with Gasteiger partial charge in [0.15, 0.2) is 5.16 Å². The Morgan fingerprint density at radius 1 is 1.56 bits per heavy atom. The van der Waals surface area contributed by atoms with Crippen molar-refractivity contribution in [2.24, 2.45) is 5.73 Å². The second-order valence-electron chi connectivity index (χ2n) is 4.33. The van der Waals surface area contributed by atoms with Gasteiger partial charge in [0.05, 0.1) is 10.9 Å². The molecule has 4 nitrogen and oxygen atoms in total. The standard InChI is InChI=1S/C11H17N3OS/c1-6-7(2)14(9-4-5-9)11(13-6)16-8(3)10(12)15/h8-9H,4-5H2,1-3H3,(H2,12,15). The number of amides is 1. The van der Waals surface area contributed by atoms with Crippen molar-refractivity contribution in [2.45, 2.75) is 50.1 Å². The van der Waals surface area contributed by atoms with Crippen LogP contribution in [-0.2, 0) is 4.79 Å². The highest BCUT2D eigenvalue weighted by Crippen LogP contribution is 2.40. The predicted octanol–water partition coefficient (Wildman–Crippen LogP) is 1.80. The summed E-state index contributed by atoms with van der Waals surface area (Å²) in [5, 5.41) is 0.711. The minimum Gasteiger partial charge on any atom is -0.369 e. The van der Waals surface area contributed by atoms with Crippen molar-refractivity contribution in [3.63, 3.8) is 0 Å². The molecule has 5 heteroatoms. The molecule has 1 unspecified atom stereocenters. The van der Waals surface area contributed by atoms with E-state index in [1.165, 1.54) is 30.3 Å². The highest BCUT2D eigenvalue weighted by molar-refractivity contribution is 8.00. The largest absolute Gasteiger partial charge is 0.369 e. The van der Waals surface area contributed by atoms with Crippen LogP contribution in [0.2, 0.25) is 0 Å². The summed E-state index contributed by atoms with van der Waals surface area (Å²) in [6.45, 7) is 5.91. The second kappa shape index (κ2) is 4.13. The lowest BCUT2D eigenvalue weighted by Crippen LogP contribution is -2.23. The fraction of sp³-hybridized carbons (Fsp3) is 0.636. The van der Waals surface area contributed by atoms with Gasteiger partial charge in [-0.2, -0.15) is 0 Å². The smallest absolute Gasteiger partial charge is 0.230 e. The number of hydrogen-bond donors (Lipinski definition) is 1. The van der Waals surface area contributed by atoms with Crippen molar-refractivity contribution >= 4 is 17.7 Å². The number of carbonyl (C=O) groups excluding carboxylic acids is 1. The summed E-state index contributed by atoms with van der Waals surface area (Å²) in [7, 11) is 0. The van der Waals surface area contributed by atoms with Crippen molar-refractivity contribution in [1.82, 2.24) is 9.55 Å². The Balaban J connectivity index is 2.26. The van der Waals surface area contributed by atoms with Crippen molar-refractivity contribution < 1.29 is 4.79 Å². The SMILES string of the molecule is Cc1nc(SC(C)C(N)=O)n(C2CC2)c1C. The van der Waals surface area contributed by atoms with E-state index >= 15 is 0 Å². The van der Waals surface area contributed by atoms with Crippen LogP contribution in [0.5, 0.6) is 0 Å². The molecule has 0 spiro atoms. The molecule has 1 atom stereocenters. The topological polar surface area (TPSA) is 60.9 Å². The van der Waals surface area contributed by atoms with Crippen molar-refractivity contribution in [3.05, 3.63) is 11.4 Å². The summed E-state index contributed by atoms with van der Waals surface area (Å²) < 4.78 is 2.25. The van der Waals surface area contributed by atoms with E-state index in [9.17, 15) is 4.79 Å². The summed E-state index contributed by atoms with van der Waals surface area (Å²) in [6, 6.07) is 0.587. The molecule has 1 aliphatic rings. The third kappa shape index (κ3) is 2.09. The Bertz CT molecular complexity index is 423. The molecule has 1 aromatic rings. The van der Waals surface area contributed by atoms with Gasteiger partial charge < -0.3 is 10.3 Å². The zero-order valence-corrected chi connectivity index (χ0v) is 10.7. The molecule has 1 saturated carbocycles. The number of hydrogen-bond acceptors (Lipinski definition) is 3. The highest BCUT2D eigenvalue weighted by atomic mass is 32.2. The lowest BCUT2D eigenvalue weighted by molar-refractivity contribution is -0.117. The third-order valence-corrected chi connectivity index (χ3v) is 4.03. The molecule has 1 aliphatic carbocycles. The van der Waals surface area contributed by atoms with E-state index in [1.807, 2.05) is 13.8 Å². The number of aryl methyl sites for hydroxylation is 1. The number of imidazole rings is 1. The van der Waals surface area contributed by atoms with Gasteiger partial charge in [-0.1, -0.05) is 11.8 Å². The van der Waals surface area contributed by atoms with Crippen molar-refractivity contribution in [3.8, 4) is 0 Å². The average molecular weight is 239 g/mol. The molecule has 0 radical (unpaired) electrons. The summed E-state index contributed by atoms with van der Waals surface area (Å²) >= 11 is 1.46. The maximum absolute atomic E-state index is 11.1. The number of nitrogens with zero attached hydrogens (tertiary/aromatic N) is 2. The lowest BCUT2D eigenvalue weighted by atomic mass is 10.4. The molecule has 0 aromatic carbocycles. The summed E-state index contributed by atoms with van der Waals surface area (Å²) in [5.74, 6) is -0.286. The van der Waals surface area contributed by atoms with E-state index in [1.54, 1.807) is 0 Å². The van der Waals surface area contributed by atoms with Crippen LogP contribution in [-0.4, -0.2) is 20.7 Å². The molecule has 88 valence electrons. The zero-order chi connectivity index (χ0) is 11.9. The molecule has 2 rings (SSSR count). The van der Waals surface area contributed by atoms with Gasteiger partial charge in [-0.05, 0) is 33.6 Å². The molecule has 1 amide bonds. The Kier molecular flexibility index (Phi) is 2.97. The molecule has 2 N–H and O–H groups in total. The van der Waals surface area contributed by atoms with Gasteiger partial charge in [0.2, 0.25) is 5.91 Å². The van der Waals surface area contributed by atoms with Crippen LogP contribution in [0, 0.1) is 13.8 Å². The molecular weight excluding hydrogens is 222 g/mol. The number of rotatable bonds is 4. The molecule has 0 bridgehead atoms. The van der Waals surface area contributed by atoms with E-state index in [2.05, 4.69) is 16.5 Å². The van der Waals surface area contributed by atoms with Gasteiger partial charge in [0.1, 0.15) is 0 Å². The predicted molar refractivity (Wildman–Crippen MR) is 64.5 cm³/mol. The Labute approximate surface area is 99.6 Å². The fourth-order valence-electron chi connectivity index (χ4n) is 1.66. The minimum atomic E-state index is -0.286. The van der Waals surface area contributed by atoms with E-state index in [4.69, 9.17) is 5.73 Å². The molecule has 1 fully saturated rings. The Morgan fingerprint density at radius 2 is 2.19 bits per heavy atom. The molecular formula is C11H17N3OS. The first-order valence-electron chi connectivity index (χ1n) is 5.52. The van der Waals surface area contributed by atoms with Gasteiger partial charge in [0, 0.05) is 11.7 Å². The maximum Gasteiger partial charge on any atom is 0.230 e. The van der Waals surface area contributed by atoms with Crippen LogP contribution >= 0.6 is 11.8 Å². The van der Waals surface area contributed by atoms with E-state index in [-0.39, 0.29) is 11.2 Å². The molecule has 1 aromatic heterocycles. The molecule has 0 aliphatic heterocycles. The van der Waals surface area contributed by atoms with Crippen molar-refractivity contribution in [2.75, 3.05) is 0 Å². The lowest BCUT2D eigenvalue weighted by Gasteiger charge is -2.10. The fourth-order valence-corrected chi connectivity index (χ4v) is 2.68. The Hall–Kier alpha value is -0.970. The monoisotopic (exact) mass is 239 g/mol.